The number of hydrogen-bond acceptors (Lipinski definition) is 3. The molecule has 2 bridgehead atoms. The molecule has 3 rings (SSSR count). The van der Waals surface area contributed by atoms with E-state index in [1.807, 2.05) is 11.9 Å². The molecule has 2 unspecified atom stereocenters. The van der Waals surface area contributed by atoms with E-state index >= 15 is 0 Å². The third kappa shape index (κ3) is 3.17. The van der Waals surface area contributed by atoms with E-state index in [0.29, 0.717) is 36.6 Å². The minimum Gasteiger partial charge on any atom is -0.342 e. The molecule has 1 amide bonds. The summed E-state index contributed by atoms with van der Waals surface area (Å²) in [7, 11) is 1.98. The lowest BCUT2D eigenvalue weighted by Gasteiger charge is -2.38. The zero-order valence-corrected chi connectivity index (χ0v) is 13.0. The molecule has 2 aliphatic heterocycles. The van der Waals surface area contributed by atoms with Gasteiger partial charge in [0.25, 0.3) is 0 Å². The van der Waals surface area contributed by atoms with Crippen molar-refractivity contribution in [3.8, 4) is 0 Å². The summed E-state index contributed by atoms with van der Waals surface area (Å²) in [5.74, 6) is 0.326. The zero-order valence-electron chi connectivity index (χ0n) is 13.0. The molecule has 1 saturated carbocycles. The Bertz CT molecular complexity index is 344. The van der Waals surface area contributed by atoms with E-state index in [1.165, 1.54) is 38.5 Å². The van der Waals surface area contributed by atoms with Crippen LogP contribution in [0.5, 0.6) is 0 Å². The number of carbonyl (C=O) groups is 1. The van der Waals surface area contributed by atoms with Crippen molar-refractivity contribution in [3.63, 3.8) is 0 Å². The van der Waals surface area contributed by atoms with Crippen molar-refractivity contribution >= 4 is 5.91 Å². The maximum atomic E-state index is 12.4. The fourth-order valence-electron chi connectivity index (χ4n) is 3.95. The van der Waals surface area contributed by atoms with Gasteiger partial charge in [-0.05, 0) is 51.5 Å². The van der Waals surface area contributed by atoms with Crippen molar-refractivity contribution in [2.45, 2.75) is 76.0 Å². The maximum Gasteiger partial charge on any atom is 0.236 e. The summed E-state index contributed by atoms with van der Waals surface area (Å²) in [5.41, 5.74) is 0. The summed E-state index contributed by atoms with van der Waals surface area (Å²) < 4.78 is 0. The Balaban J connectivity index is 1.58. The molecule has 114 valence electrons. The lowest BCUT2D eigenvalue weighted by atomic mass is 9.98. The number of fused-ring (bicyclic) bond motifs is 2. The van der Waals surface area contributed by atoms with Crippen molar-refractivity contribution in [1.82, 2.24) is 15.1 Å². The van der Waals surface area contributed by atoms with Crippen LogP contribution in [-0.4, -0.2) is 60.0 Å². The molecule has 2 saturated heterocycles. The number of rotatable bonds is 6. The van der Waals surface area contributed by atoms with Crippen LogP contribution in [0, 0.1) is 0 Å². The van der Waals surface area contributed by atoms with Crippen LogP contribution in [0.3, 0.4) is 0 Å². The normalized spacial score (nSPS) is 32.6. The van der Waals surface area contributed by atoms with Gasteiger partial charge >= 0.3 is 0 Å². The Morgan fingerprint density at radius 1 is 1.10 bits per heavy atom. The van der Waals surface area contributed by atoms with Gasteiger partial charge in [-0.25, -0.2) is 0 Å². The Hall–Kier alpha value is -0.610. The van der Waals surface area contributed by atoms with Crippen molar-refractivity contribution in [3.05, 3.63) is 0 Å². The first-order chi connectivity index (χ1) is 9.67. The molecule has 0 aromatic carbocycles. The summed E-state index contributed by atoms with van der Waals surface area (Å²) in [6.45, 7) is 3.91. The predicted octanol–water partition coefficient (Wildman–Crippen LogP) is 1.60. The molecule has 2 heterocycles. The number of nitrogens with zero attached hydrogens (tertiary/aromatic N) is 2. The van der Waals surface area contributed by atoms with Crippen molar-refractivity contribution in [2.75, 3.05) is 20.1 Å². The van der Waals surface area contributed by atoms with E-state index in [0.717, 1.165) is 13.0 Å². The van der Waals surface area contributed by atoms with E-state index < -0.39 is 0 Å². The highest BCUT2D eigenvalue weighted by Gasteiger charge is 2.37. The summed E-state index contributed by atoms with van der Waals surface area (Å²) in [4.78, 5) is 16.8. The molecule has 0 aromatic rings. The van der Waals surface area contributed by atoms with Crippen molar-refractivity contribution in [1.29, 1.82) is 0 Å². The average molecular weight is 279 g/mol. The van der Waals surface area contributed by atoms with Crippen molar-refractivity contribution in [2.24, 2.45) is 0 Å². The molecular weight excluding hydrogens is 250 g/mol. The lowest BCUT2D eigenvalue weighted by Crippen LogP contribution is -2.51. The van der Waals surface area contributed by atoms with Gasteiger partial charge < -0.3 is 10.2 Å². The van der Waals surface area contributed by atoms with Gasteiger partial charge in [-0.2, -0.15) is 0 Å². The van der Waals surface area contributed by atoms with Gasteiger partial charge in [0.1, 0.15) is 0 Å². The van der Waals surface area contributed by atoms with Crippen LogP contribution in [0.2, 0.25) is 0 Å². The van der Waals surface area contributed by atoms with Crippen molar-refractivity contribution < 1.29 is 4.79 Å². The lowest BCUT2D eigenvalue weighted by molar-refractivity contribution is -0.132. The second-order valence-corrected chi connectivity index (χ2v) is 6.97. The van der Waals surface area contributed by atoms with Crippen LogP contribution in [0.1, 0.15) is 51.9 Å². The Kier molecular flexibility index (Phi) is 4.32. The Morgan fingerprint density at radius 3 is 2.30 bits per heavy atom. The number of amides is 1. The monoisotopic (exact) mass is 279 g/mol. The van der Waals surface area contributed by atoms with Crippen LogP contribution in [-0.2, 0) is 4.79 Å². The molecule has 0 radical (unpaired) electrons. The molecular formula is C16H29N3O. The maximum absolute atomic E-state index is 12.4. The summed E-state index contributed by atoms with van der Waals surface area (Å²) in [6, 6.07) is 2.56. The van der Waals surface area contributed by atoms with Gasteiger partial charge in [0.15, 0.2) is 0 Å². The highest BCUT2D eigenvalue weighted by Crippen LogP contribution is 2.30. The van der Waals surface area contributed by atoms with E-state index in [1.54, 1.807) is 0 Å². The molecule has 0 spiro atoms. The quantitative estimate of drug-likeness (QED) is 0.802. The Labute approximate surface area is 122 Å². The van der Waals surface area contributed by atoms with E-state index in [2.05, 4.69) is 17.1 Å². The molecule has 4 heteroatoms. The minimum absolute atomic E-state index is 0.326. The molecule has 20 heavy (non-hydrogen) atoms. The number of likely N-dealkylation sites (N-methyl/N-ethyl adjacent to an activating group) is 1. The number of nitrogens with one attached hydrogen (secondary N) is 1. The first kappa shape index (κ1) is 14.3. The number of carbonyl (C=O) groups excluding carboxylic acids is 1. The van der Waals surface area contributed by atoms with Crippen LogP contribution < -0.4 is 5.32 Å². The third-order valence-electron chi connectivity index (χ3n) is 5.30. The predicted molar refractivity (Wildman–Crippen MR) is 80.6 cm³/mol. The standard InChI is InChI=1S/C16H29N3O/c1-3-8-19(11-16(20)18(2)14-6-7-14)15-9-12-4-5-13(10-15)17-12/h12-15,17H,3-11H2,1-2H3. The minimum atomic E-state index is 0.326. The molecule has 0 aromatic heterocycles. The first-order valence-corrected chi connectivity index (χ1v) is 8.43. The van der Waals surface area contributed by atoms with Crippen LogP contribution in [0.25, 0.3) is 0 Å². The molecule has 2 atom stereocenters. The van der Waals surface area contributed by atoms with Crippen LogP contribution in [0.4, 0.5) is 0 Å². The highest BCUT2D eigenvalue weighted by molar-refractivity contribution is 5.78. The second-order valence-electron chi connectivity index (χ2n) is 6.97. The van der Waals surface area contributed by atoms with Crippen LogP contribution in [0.15, 0.2) is 0 Å². The smallest absolute Gasteiger partial charge is 0.236 e. The van der Waals surface area contributed by atoms with Gasteiger partial charge in [0.2, 0.25) is 5.91 Å². The molecule has 1 N–H and O–H groups in total. The first-order valence-electron chi connectivity index (χ1n) is 8.43. The molecule has 3 fully saturated rings. The number of hydrogen-bond donors (Lipinski definition) is 1. The largest absolute Gasteiger partial charge is 0.342 e. The highest BCUT2D eigenvalue weighted by atomic mass is 16.2. The number of piperidine rings is 1. The summed E-state index contributed by atoms with van der Waals surface area (Å²) in [6.07, 6.45) is 8.67. The molecule has 3 aliphatic rings. The zero-order chi connectivity index (χ0) is 14.1. The third-order valence-corrected chi connectivity index (χ3v) is 5.30. The fourth-order valence-corrected chi connectivity index (χ4v) is 3.95. The summed E-state index contributed by atoms with van der Waals surface area (Å²) >= 11 is 0. The van der Waals surface area contributed by atoms with E-state index in [9.17, 15) is 4.79 Å². The summed E-state index contributed by atoms with van der Waals surface area (Å²) in [5, 5.41) is 3.70. The van der Waals surface area contributed by atoms with Gasteiger partial charge in [0, 0.05) is 31.2 Å². The van der Waals surface area contributed by atoms with E-state index in [4.69, 9.17) is 0 Å². The molecule has 4 nitrogen and oxygen atoms in total. The fraction of sp³-hybridized carbons (Fsp3) is 0.938. The average Bonchev–Trinajstić information content (AvgIpc) is 3.23. The van der Waals surface area contributed by atoms with Gasteiger partial charge in [-0.3, -0.25) is 9.69 Å². The second kappa shape index (κ2) is 6.02. The SMILES string of the molecule is CCCN(CC(=O)N(C)C1CC1)C1CC2CCC(C1)N2. The molecule has 1 aliphatic carbocycles. The van der Waals surface area contributed by atoms with Gasteiger partial charge in [0.05, 0.1) is 6.54 Å². The van der Waals surface area contributed by atoms with Crippen LogP contribution >= 0.6 is 0 Å². The Morgan fingerprint density at radius 2 is 1.75 bits per heavy atom. The van der Waals surface area contributed by atoms with Gasteiger partial charge in [-0.15, -0.1) is 0 Å². The topological polar surface area (TPSA) is 35.6 Å². The van der Waals surface area contributed by atoms with E-state index in [-0.39, 0.29) is 0 Å². The van der Waals surface area contributed by atoms with Gasteiger partial charge in [-0.1, -0.05) is 6.92 Å².